The van der Waals surface area contributed by atoms with E-state index in [4.69, 9.17) is 9.84 Å². The lowest BCUT2D eigenvalue weighted by Crippen LogP contribution is -2.37. The van der Waals surface area contributed by atoms with Crippen molar-refractivity contribution in [3.05, 3.63) is 29.8 Å². The fraction of sp³-hybridized carbons (Fsp3) is 0.562. The van der Waals surface area contributed by atoms with E-state index in [1.807, 2.05) is 7.05 Å². The number of aliphatic carboxylic acids is 1. The van der Waals surface area contributed by atoms with Crippen LogP contribution in [0.4, 0.5) is 5.69 Å². The molecule has 5 heteroatoms. The van der Waals surface area contributed by atoms with Gasteiger partial charge in [-0.1, -0.05) is 18.2 Å². The summed E-state index contributed by atoms with van der Waals surface area (Å²) in [6.45, 7) is 5.06. The maximum absolute atomic E-state index is 10.6. The summed E-state index contributed by atoms with van der Waals surface area (Å²) in [7, 11) is 2.04. The highest BCUT2D eigenvalue weighted by atomic mass is 16.5. The predicted octanol–water partition coefficient (Wildman–Crippen LogP) is 1.82. The van der Waals surface area contributed by atoms with E-state index < -0.39 is 5.97 Å². The molecule has 0 spiro atoms. The average Bonchev–Trinajstić information content (AvgIpc) is 2.48. The molecular formula is C16H24N2O3. The molecular weight excluding hydrogens is 268 g/mol. The number of carboxylic acid groups (broad SMARTS) is 1. The Morgan fingerprint density at radius 2 is 2.05 bits per heavy atom. The number of carboxylic acids is 1. The maximum Gasteiger partial charge on any atom is 0.303 e. The zero-order chi connectivity index (χ0) is 15.1. The van der Waals surface area contributed by atoms with Crippen LogP contribution in [-0.2, 0) is 16.1 Å². The lowest BCUT2D eigenvalue weighted by Gasteiger charge is -2.31. The zero-order valence-electron chi connectivity index (χ0n) is 12.6. The first-order valence-electron chi connectivity index (χ1n) is 7.48. The Morgan fingerprint density at radius 1 is 1.33 bits per heavy atom. The monoisotopic (exact) mass is 292 g/mol. The van der Waals surface area contributed by atoms with Crippen LogP contribution < -0.4 is 4.90 Å². The number of para-hydroxylation sites is 1. The van der Waals surface area contributed by atoms with Crippen molar-refractivity contribution < 1.29 is 14.6 Å². The van der Waals surface area contributed by atoms with Crippen LogP contribution in [0.25, 0.3) is 0 Å². The van der Waals surface area contributed by atoms with Crippen LogP contribution in [0.1, 0.15) is 18.4 Å². The Hall–Kier alpha value is -1.59. The van der Waals surface area contributed by atoms with E-state index in [1.165, 1.54) is 11.3 Å². The van der Waals surface area contributed by atoms with Crippen LogP contribution in [0.5, 0.6) is 0 Å². The molecule has 2 rings (SSSR count). The predicted molar refractivity (Wildman–Crippen MR) is 82.7 cm³/mol. The summed E-state index contributed by atoms with van der Waals surface area (Å²) in [5, 5.41) is 8.69. The van der Waals surface area contributed by atoms with Crippen LogP contribution in [-0.4, -0.2) is 55.9 Å². The molecule has 0 amide bonds. The summed E-state index contributed by atoms with van der Waals surface area (Å²) in [6.07, 6.45) is 0.918. The van der Waals surface area contributed by atoms with Gasteiger partial charge in [-0.05, 0) is 31.6 Å². The molecule has 1 aliphatic heterocycles. The Balaban J connectivity index is 1.94. The highest BCUT2D eigenvalue weighted by Gasteiger charge is 2.15. The third kappa shape index (κ3) is 5.02. The number of morpholine rings is 1. The third-order valence-corrected chi connectivity index (χ3v) is 3.71. The van der Waals surface area contributed by atoms with Crippen molar-refractivity contribution in [1.82, 2.24) is 4.90 Å². The normalized spacial score (nSPS) is 15.4. The molecule has 0 aliphatic carbocycles. The minimum absolute atomic E-state index is 0.232. The Labute approximate surface area is 126 Å². The summed E-state index contributed by atoms with van der Waals surface area (Å²) in [4.78, 5) is 15.1. The molecule has 21 heavy (non-hydrogen) atoms. The van der Waals surface area contributed by atoms with Crippen molar-refractivity contribution in [2.45, 2.75) is 19.4 Å². The van der Waals surface area contributed by atoms with Gasteiger partial charge in [0.25, 0.3) is 0 Å². The summed E-state index contributed by atoms with van der Waals surface area (Å²) < 4.78 is 5.41. The molecule has 0 unspecified atom stereocenters. The van der Waals surface area contributed by atoms with Crippen LogP contribution >= 0.6 is 0 Å². The quantitative estimate of drug-likeness (QED) is 0.831. The summed E-state index contributed by atoms with van der Waals surface area (Å²) >= 11 is 0. The number of carbonyl (C=O) groups is 1. The van der Waals surface area contributed by atoms with Crippen LogP contribution in [0.2, 0.25) is 0 Å². The van der Waals surface area contributed by atoms with E-state index in [0.717, 1.165) is 39.4 Å². The minimum atomic E-state index is -0.725. The van der Waals surface area contributed by atoms with E-state index in [9.17, 15) is 4.79 Å². The lowest BCUT2D eigenvalue weighted by molar-refractivity contribution is -0.137. The number of rotatable bonds is 7. The molecule has 0 radical (unpaired) electrons. The molecule has 1 aliphatic rings. The van der Waals surface area contributed by atoms with Crippen LogP contribution in [0.15, 0.2) is 24.3 Å². The van der Waals surface area contributed by atoms with Crippen molar-refractivity contribution in [2.24, 2.45) is 0 Å². The van der Waals surface area contributed by atoms with Gasteiger partial charge < -0.3 is 19.6 Å². The molecule has 1 aromatic rings. The number of hydrogen-bond acceptors (Lipinski definition) is 4. The van der Waals surface area contributed by atoms with E-state index in [1.54, 1.807) is 0 Å². The number of anilines is 1. The molecule has 0 atom stereocenters. The van der Waals surface area contributed by atoms with Gasteiger partial charge in [0.15, 0.2) is 0 Å². The SMILES string of the molecule is CN(CCCC(=O)O)Cc1ccccc1N1CCOCC1. The Bertz CT molecular complexity index is 459. The summed E-state index contributed by atoms with van der Waals surface area (Å²) in [5.41, 5.74) is 2.56. The van der Waals surface area contributed by atoms with Gasteiger partial charge in [0.1, 0.15) is 0 Å². The minimum Gasteiger partial charge on any atom is -0.481 e. The van der Waals surface area contributed by atoms with Crippen molar-refractivity contribution in [3.8, 4) is 0 Å². The summed E-state index contributed by atoms with van der Waals surface area (Å²) in [6, 6.07) is 8.44. The number of nitrogens with zero attached hydrogens (tertiary/aromatic N) is 2. The molecule has 116 valence electrons. The molecule has 1 aromatic carbocycles. The highest BCUT2D eigenvalue weighted by molar-refractivity contribution is 5.66. The Kier molecular flexibility index (Phi) is 6.02. The molecule has 1 N–H and O–H groups in total. The van der Waals surface area contributed by atoms with Crippen molar-refractivity contribution in [1.29, 1.82) is 0 Å². The highest BCUT2D eigenvalue weighted by Crippen LogP contribution is 2.22. The van der Waals surface area contributed by atoms with Gasteiger partial charge in [-0.15, -0.1) is 0 Å². The zero-order valence-corrected chi connectivity index (χ0v) is 12.6. The topological polar surface area (TPSA) is 53.0 Å². The number of hydrogen-bond donors (Lipinski definition) is 1. The van der Waals surface area contributed by atoms with E-state index in [2.05, 4.69) is 34.1 Å². The molecule has 0 bridgehead atoms. The molecule has 0 aromatic heterocycles. The molecule has 1 fully saturated rings. The second kappa shape index (κ2) is 8.00. The van der Waals surface area contributed by atoms with Crippen molar-refractivity contribution in [3.63, 3.8) is 0 Å². The van der Waals surface area contributed by atoms with Gasteiger partial charge in [0.05, 0.1) is 13.2 Å². The molecule has 5 nitrogen and oxygen atoms in total. The molecule has 1 saturated heterocycles. The first kappa shape index (κ1) is 15.8. The average molecular weight is 292 g/mol. The molecule has 0 saturated carbocycles. The largest absolute Gasteiger partial charge is 0.481 e. The van der Waals surface area contributed by atoms with Gasteiger partial charge >= 0.3 is 5.97 Å². The van der Waals surface area contributed by atoms with E-state index >= 15 is 0 Å². The number of ether oxygens (including phenoxy) is 1. The van der Waals surface area contributed by atoms with Crippen LogP contribution in [0.3, 0.4) is 0 Å². The maximum atomic E-state index is 10.6. The second-order valence-corrected chi connectivity index (χ2v) is 5.46. The van der Waals surface area contributed by atoms with Crippen molar-refractivity contribution in [2.75, 3.05) is 44.8 Å². The number of benzene rings is 1. The van der Waals surface area contributed by atoms with Gasteiger partial charge in [-0.3, -0.25) is 4.79 Å². The van der Waals surface area contributed by atoms with E-state index in [-0.39, 0.29) is 6.42 Å². The first-order valence-corrected chi connectivity index (χ1v) is 7.48. The van der Waals surface area contributed by atoms with Crippen molar-refractivity contribution >= 4 is 11.7 Å². The standard InChI is InChI=1S/C16H24N2O3/c1-17(8-4-7-16(19)20)13-14-5-2-3-6-15(14)18-9-11-21-12-10-18/h2-3,5-6H,4,7-13H2,1H3,(H,19,20). The van der Waals surface area contributed by atoms with Gasteiger partial charge in [-0.25, -0.2) is 0 Å². The van der Waals surface area contributed by atoms with Gasteiger partial charge in [0.2, 0.25) is 0 Å². The first-order chi connectivity index (χ1) is 10.2. The second-order valence-electron chi connectivity index (χ2n) is 5.46. The Morgan fingerprint density at radius 3 is 2.76 bits per heavy atom. The van der Waals surface area contributed by atoms with Gasteiger partial charge in [-0.2, -0.15) is 0 Å². The lowest BCUT2D eigenvalue weighted by atomic mass is 10.1. The molecule has 1 heterocycles. The van der Waals surface area contributed by atoms with E-state index in [0.29, 0.717) is 6.42 Å². The third-order valence-electron chi connectivity index (χ3n) is 3.71. The van der Waals surface area contributed by atoms with Crippen LogP contribution in [0, 0.1) is 0 Å². The summed E-state index contributed by atoms with van der Waals surface area (Å²) in [5.74, 6) is -0.725. The van der Waals surface area contributed by atoms with Gasteiger partial charge in [0, 0.05) is 31.7 Å². The smallest absolute Gasteiger partial charge is 0.303 e. The fourth-order valence-electron chi connectivity index (χ4n) is 2.63. The fourth-order valence-corrected chi connectivity index (χ4v) is 2.63.